The van der Waals surface area contributed by atoms with Gasteiger partial charge in [0.15, 0.2) is 0 Å². The lowest BCUT2D eigenvalue weighted by molar-refractivity contribution is -0.135. The third kappa shape index (κ3) is 7.32. The summed E-state index contributed by atoms with van der Waals surface area (Å²) in [5.74, 6) is 2.42. The Morgan fingerprint density at radius 3 is 2.38 bits per heavy atom. The molecule has 3 aromatic heterocycles. The minimum Gasteiger partial charge on any atom is -0.453 e. The number of aryl methyl sites for hydroxylation is 1. The quantitative estimate of drug-likeness (QED) is 0.110. The fourth-order valence-corrected chi connectivity index (χ4v) is 9.35. The average molecular weight is 755 g/mol. The van der Waals surface area contributed by atoms with E-state index in [1.165, 1.54) is 7.11 Å². The van der Waals surface area contributed by atoms with E-state index in [9.17, 15) is 14.4 Å². The Kier molecular flexibility index (Phi) is 10.5. The molecule has 2 bridgehead atoms. The fraction of sp³-hybridized carbons (Fsp3) is 0.409. The van der Waals surface area contributed by atoms with Crippen LogP contribution in [-0.2, 0) is 20.9 Å². The second kappa shape index (κ2) is 15.8. The lowest BCUT2D eigenvalue weighted by atomic mass is 9.78. The van der Waals surface area contributed by atoms with Crippen molar-refractivity contribution >= 4 is 17.9 Å². The van der Waals surface area contributed by atoms with E-state index in [1.54, 1.807) is 12.4 Å². The van der Waals surface area contributed by atoms with Crippen molar-refractivity contribution in [2.75, 3.05) is 13.7 Å². The third-order valence-corrected chi connectivity index (χ3v) is 12.2. The summed E-state index contributed by atoms with van der Waals surface area (Å²) in [5.41, 5.74) is 8.25. The number of nitrogens with zero attached hydrogens (tertiary/aromatic N) is 4. The van der Waals surface area contributed by atoms with Gasteiger partial charge in [0.2, 0.25) is 11.8 Å². The number of methoxy groups -OCH3 is 1. The van der Waals surface area contributed by atoms with Crippen LogP contribution >= 0.6 is 0 Å². The number of aromatic amines is 2. The summed E-state index contributed by atoms with van der Waals surface area (Å²) in [6, 6.07) is 17.9. The van der Waals surface area contributed by atoms with Crippen LogP contribution in [0.5, 0.6) is 0 Å². The van der Waals surface area contributed by atoms with Crippen molar-refractivity contribution in [2.45, 2.75) is 77.4 Å². The van der Waals surface area contributed by atoms with E-state index in [1.807, 2.05) is 43.3 Å². The first-order valence-corrected chi connectivity index (χ1v) is 19.8. The molecule has 3 fully saturated rings. The van der Waals surface area contributed by atoms with Gasteiger partial charge in [0.25, 0.3) is 0 Å². The number of hydrogen-bond acceptors (Lipinski definition) is 7. The number of benzene rings is 2. The molecule has 4 heterocycles. The lowest BCUT2D eigenvalue weighted by Gasteiger charge is -2.30. The van der Waals surface area contributed by atoms with E-state index in [-0.39, 0.29) is 35.6 Å². The zero-order valence-electron chi connectivity index (χ0n) is 32.4. The summed E-state index contributed by atoms with van der Waals surface area (Å²) < 4.78 is 4.77. The van der Waals surface area contributed by atoms with Crippen LogP contribution in [0.2, 0.25) is 0 Å². The van der Waals surface area contributed by atoms with Crippen molar-refractivity contribution in [1.29, 1.82) is 0 Å². The number of pyridine rings is 1. The smallest absolute Gasteiger partial charge is 0.407 e. The van der Waals surface area contributed by atoms with E-state index in [4.69, 9.17) is 14.7 Å². The Bertz CT molecular complexity index is 2200. The third-order valence-electron chi connectivity index (χ3n) is 12.2. The first kappa shape index (κ1) is 37.2. The number of aromatic nitrogens is 5. The Balaban J connectivity index is 0.937. The average Bonchev–Trinajstić information content (AvgIpc) is 4.07. The number of ether oxygens (including phenoxy) is 1. The van der Waals surface area contributed by atoms with Gasteiger partial charge in [0.05, 0.1) is 42.9 Å². The predicted molar refractivity (Wildman–Crippen MR) is 213 cm³/mol. The number of H-pyrrole nitrogens is 2. The maximum Gasteiger partial charge on any atom is 0.407 e. The SMILES string of the molecule is COC(=O)N[C@H](C(=O)N1CCC[C@H]1c1ncc(-c2ccc(-c3ccc(-c4cnc([C@H]5C6CCC(C6)[C@@H]5C(=O)NCc5cccnc5)[nH]4)cc3)cc2C)[nH]1)C(C)C. The highest BCUT2D eigenvalue weighted by molar-refractivity contribution is 5.86. The molecule has 1 saturated heterocycles. The van der Waals surface area contributed by atoms with Gasteiger partial charge in [0, 0.05) is 37.0 Å². The summed E-state index contributed by atoms with van der Waals surface area (Å²) in [6.07, 6.45) is 11.6. The molecule has 12 heteroatoms. The highest BCUT2D eigenvalue weighted by Crippen LogP contribution is 2.56. The normalized spacial score (nSPS) is 22.0. The summed E-state index contributed by atoms with van der Waals surface area (Å²) >= 11 is 0. The van der Waals surface area contributed by atoms with Gasteiger partial charge in [-0.25, -0.2) is 14.8 Å². The summed E-state index contributed by atoms with van der Waals surface area (Å²) in [6.45, 7) is 7.01. The molecular formula is C44H50N8O4. The fourth-order valence-electron chi connectivity index (χ4n) is 9.35. The van der Waals surface area contributed by atoms with Crippen LogP contribution in [0.15, 0.2) is 79.4 Å². The molecule has 4 N–H and O–H groups in total. The molecule has 1 aliphatic heterocycles. The number of amides is 3. The van der Waals surface area contributed by atoms with E-state index in [0.29, 0.717) is 24.9 Å². The van der Waals surface area contributed by atoms with Crippen molar-refractivity contribution in [3.8, 4) is 33.6 Å². The van der Waals surface area contributed by atoms with Crippen LogP contribution in [0.3, 0.4) is 0 Å². The van der Waals surface area contributed by atoms with Crippen LogP contribution < -0.4 is 10.6 Å². The summed E-state index contributed by atoms with van der Waals surface area (Å²) in [4.78, 5) is 61.8. The molecule has 5 aromatic rings. The second-order valence-electron chi connectivity index (χ2n) is 16.0. The van der Waals surface area contributed by atoms with Crippen LogP contribution in [0.4, 0.5) is 4.79 Å². The zero-order valence-corrected chi connectivity index (χ0v) is 32.4. The molecule has 8 rings (SSSR count). The van der Waals surface area contributed by atoms with Crippen molar-refractivity contribution in [3.05, 3.63) is 102 Å². The number of likely N-dealkylation sites (tertiary alicyclic amines) is 1. The van der Waals surface area contributed by atoms with Crippen molar-refractivity contribution in [3.63, 3.8) is 0 Å². The second-order valence-corrected chi connectivity index (χ2v) is 16.0. The Labute approximate surface area is 327 Å². The standard InChI is InChI=1S/C44H50N8O4/c1-25(2)39(51-44(55)56-4)43(54)52-18-6-8-36(52)40-46-24-35(50-40)33-16-15-30(19-26(33)3)28-9-11-29(12-10-28)34-23-47-41(49-34)37-31-13-14-32(20-31)38(37)42(53)48-22-27-7-5-17-45-21-27/h5,7,9-12,15-17,19,21,23-25,31-32,36-39H,6,8,13-14,18,20,22H2,1-4H3,(H,46,50)(H,47,49)(H,48,53)(H,51,55)/t31?,32?,36-,37-,38-,39-/m0/s1. The molecule has 3 aliphatic rings. The van der Waals surface area contributed by atoms with Gasteiger partial charge >= 0.3 is 6.09 Å². The number of hydrogen-bond donors (Lipinski definition) is 4. The van der Waals surface area contributed by atoms with Crippen LogP contribution in [0.25, 0.3) is 33.6 Å². The molecule has 2 aliphatic carbocycles. The summed E-state index contributed by atoms with van der Waals surface area (Å²) in [7, 11) is 1.30. The van der Waals surface area contributed by atoms with Gasteiger partial charge in [-0.2, -0.15) is 0 Å². The monoisotopic (exact) mass is 754 g/mol. The van der Waals surface area contributed by atoms with Gasteiger partial charge in [-0.1, -0.05) is 62.4 Å². The van der Waals surface area contributed by atoms with Crippen LogP contribution in [0.1, 0.15) is 80.7 Å². The number of carbonyl (C=O) groups is 3. The van der Waals surface area contributed by atoms with Gasteiger partial charge in [-0.3, -0.25) is 14.6 Å². The van der Waals surface area contributed by atoms with Crippen molar-refractivity contribution in [2.24, 2.45) is 23.7 Å². The summed E-state index contributed by atoms with van der Waals surface area (Å²) in [5, 5.41) is 5.89. The molecular weight excluding hydrogens is 705 g/mol. The van der Waals surface area contributed by atoms with Crippen molar-refractivity contribution in [1.82, 2.24) is 40.5 Å². The molecule has 3 amide bonds. The van der Waals surface area contributed by atoms with Crippen molar-refractivity contribution < 1.29 is 19.1 Å². The Morgan fingerprint density at radius 2 is 1.62 bits per heavy atom. The number of nitrogens with one attached hydrogen (secondary N) is 4. The molecule has 12 nitrogen and oxygen atoms in total. The molecule has 2 aromatic carbocycles. The lowest BCUT2D eigenvalue weighted by Crippen LogP contribution is -2.51. The molecule has 0 radical (unpaired) electrons. The highest BCUT2D eigenvalue weighted by Gasteiger charge is 2.52. The van der Waals surface area contributed by atoms with Crippen LogP contribution in [-0.4, -0.2) is 67.4 Å². The Morgan fingerprint density at radius 1 is 0.893 bits per heavy atom. The number of carbonyl (C=O) groups excluding carboxylic acids is 3. The molecule has 56 heavy (non-hydrogen) atoms. The Hall–Kier alpha value is -5.78. The maximum absolute atomic E-state index is 13.6. The van der Waals surface area contributed by atoms with E-state index in [0.717, 1.165) is 88.5 Å². The predicted octanol–water partition coefficient (Wildman–Crippen LogP) is 7.33. The number of rotatable bonds is 11. The van der Waals surface area contributed by atoms with Crippen LogP contribution in [0, 0.1) is 30.6 Å². The topological polar surface area (TPSA) is 158 Å². The van der Waals surface area contributed by atoms with Gasteiger partial charge in [-0.15, -0.1) is 0 Å². The minimum absolute atomic E-state index is 0.0766. The minimum atomic E-state index is -0.679. The number of fused-ring (bicyclic) bond motifs is 2. The van der Waals surface area contributed by atoms with Gasteiger partial charge < -0.3 is 30.2 Å². The molecule has 2 saturated carbocycles. The number of imidazole rings is 2. The highest BCUT2D eigenvalue weighted by atomic mass is 16.5. The maximum atomic E-state index is 13.6. The molecule has 6 atom stereocenters. The van der Waals surface area contributed by atoms with Gasteiger partial charge in [-0.05, 0) is 90.7 Å². The first-order valence-electron chi connectivity index (χ1n) is 19.8. The molecule has 0 spiro atoms. The van der Waals surface area contributed by atoms with E-state index < -0.39 is 12.1 Å². The zero-order chi connectivity index (χ0) is 38.9. The molecule has 290 valence electrons. The largest absolute Gasteiger partial charge is 0.453 e. The van der Waals surface area contributed by atoms with E-state index in [2.05, 4.69) is 75.0 Å². The number of alkyl carbamates (subject to hydrolysis) is 1. The van der Waals surface area contributed by atoms with E-state index >= 15 is 0 Å². The van der Waals surface area contributed by atoms with Gasteiger partial charge in [0.1, 0.15) is 17.7 Å². The molecule has 2 unspecified atom stereocenters. The first-order chi connectivity index (χ1) is 27.2.